The quantitative estimate of drug-likeness (QED) is 0.673. The number of rotatable bonds is 3. The van der Waals surface area contributed by atoms with Crippen molar-refractivity contribution < 1.29 is 31.5 Å². The average Bonchev–Trinajstić information content (AvgIpc) is 2.48. The summed E-state index contributed by atoms with van der Waals surface area (Å²) in [5, 5.41) is -0.469. The van der Waals surface area contributed by atoms with Crippen LogP contribution in [-0.2, 0) is 15.3 Å². The zero-order valence-electron chi connectivity index (χ0n) is 6.73. The highest BCUT2D eigenvalue weighted by molar-refractivity contribution is 7.32. The molecular formula is C5H3F4NO3PS+. The van der Waals surface area contributed by atoms with Crippen LogP contribution < -0.4 is 0 Å². The molecule has 0 aliphatic carbocycles. The van der Waals surface area contributed by atoms with Gasteiger partial charge < -0.3 is 0 Å². The van der Waals surface area contributed by atoms with E-state index in [9.17, 15) is 22.1 Å². The first-order valence-corrected chi connectivity index (χ1v) is 5.31. The molecule has 0 radical (unpaired) electrons. The van der Waals surface area contributed by atoms with Crippen molar-refractivity contribution in [3.63, 3.8) is 0 Å². The molecule has 10 heteroatoms. The molecule has 0 bridgehead atoms. The van der Waals surface area contributed by atoms with Crippen LogP contribution in [0.2, 0.25) is 0 Å². The summed E-state index contributed by atoms with van der Waals surface area (Å²) in [6.45, 7) is 0. The Bertz CT molecular complexity index is 367. The average molecular weight is 264 g/mol. The summed E-state index contributed by atoms with van der Waals surface area (Å²) in [6.07, 6.45) is -7.10. The number of hydrogen-bond acceptors (Lipinski definition) is 4. The summed E-state index contributed by atoms with van der Waals surface area (Å²) in [5.41, 5.74) is -0.676. The smallest absolute Gasteiger partial charge is 0.231 e. The third-order valence-corrected chi connectivity index (χ3v) is 2.45. The molecule has 0 aliphatic heterocycles. The van der Waals surface area contributed by atoms with Crippen LogP contribution >= 0.6 is 19.6 Å². The Kier molecular flexibility index (Phi) is 3.72. The summed E-state index contributed by atoms with van der Waals surface area (Å²) >= 11 is 0.179. The molecule has 1 aromatic heterocycles. The van der Waals surface area contributed by atoms with E-state index in [1.807, 2.05) is 0 Å². The van der Waals surface area contributed by atoms with Crippen molar-refractivity contribution in [3.05, 3.63) is 16.1 Å². The summed E-state index contributed by atoms with van der Waals surface area (Å²) in [7, 11) is -3.22. The molecule has 1 N–H and O–H groups in total. The zero-order valence-corrected chi connectivity index (χ0v) is 8.44. The van der Waals surface area contributed by atoms with Gasteiger partial charge in [0.25, 0.3) is 6.36 Å². The van der Waals surface area contributed by atoms with Crippen molar-refractivity contribution in [2.24, 2.45) is 0 Å². The molecule has 15 heavy (non-hydrogen) atoms. The Labute approximate surface area is 85.5 Å². The topological polar surface area (TPSA) is 59.4 Å². The molecule has 1 heterocycles. The SMILES string of the molecule is O=[P+](O)OC(F)c1csc(C(F)(F)F)n1. The van der Waals surface area contributed by atoms with Crippen molar-refractivity contribution >= 4 is 19.6 Å². The maximum absolute atomic E-state index is 12.8. The number of aromatic nitrogens is 1. The molecule has 0 saturated carbocycles. The van der Waals surface area contributed by atoms with Gasteiger partial charge >= 0.3 is 14.4 Å². The maximum Gasteiger partial charge on any atom is 0.698 e. The summed E-state index contributed by atoms with van der Waals surface area (Å²) in [6, 6.07) is 0. The van der Waals surface area contributed by atoms with Gasteiger partial charge in [-0.05, 0) is 0 Å². The lowest BCUT2D eigenvalue weighted by Gasteiger charge is -1.99. The number of nitrogens with zero attached hydrogens (tertiary/aromatic N) is 1. The Morgan fingerprint density at radius 1 is 1.60 bits per heavy atom. The molecule has 0 aliphatic rings. The van der Waals surface area contributed by atoms with E-state index in [4.69, 9.17) is 4.89 Å². The van der Waals surface area contributed by atoms with E-state index in [2.05, 4.69) is 9.51 Å². The molecule has 0 saturated heterocycles. The minimum absolute atomic E-state index is 0.179. The number of alkyl halides is 4. The lowest BCUT2D eigenvalue weighted by atomic mass is 10.5. The summed E-state index contributed by atoms with van der Waals surface area (Å²) < 4.78 is 62.6. The minimum atomic E-state index is -4.66. The number of hydrogen-bond donors (Lipinski definition) is 1. The fourth-order valence-corrected chi connectivity index (χ4v) is 1.60. The normalized spacial score (nSPS) is 15.1. The highest BCUT2D eigenvalue weighted by atomic mass is 32.1. The molecule has 2 atom stereocenters. The van der Waals surface area contributed by atoms with E-state index in [1.54, 1.807) is 0 Å². The van der Waals surface area contributed by atoms with Crippen LogP contribution in [0.15, 0.2) is 5.38 Å². The molecule has 84 valence electrons. The minimum Gasteiger partial charge on any atom is -0.231 e. The lowest BCUT2D eigenvalue weighted by molar-refractivity contribution is -0.137. The van der Waals surface area contributed by atoms with Gasteiger partial charge in [0.2, 0.25) is 0 Å². The predicted molar refractivity (Wildman–Crippen MR) is 41.9 cm³/mol. The highest BCUT2D eigenvalue weighted by Crippen LogP contribution is 2.35. The molecule has 2 unspecified atom stereocenters. The third kappa shape index (κ3) is 3.45. The summed E-state index contributed by atoms with van der Waals surface area (Å²) in [5.74, 6) is 0. The Morgan fingerprint density at radius 2 is 2.20 bits per heavy atom. The molecule has 0 fully saturated rings. The second-order valence-corrected chi connectivity index (χ2v) is 3.78. The molecule has 0 amide bonds. The third-order valence-electron chi connectivity index (χ3n) is 1.18. The van der Waals surface area contributed by atoms with Gasteiger partial charge in [-0.1, -0.05) is 4.52 Å². The van der Waals surface area contributed by atoms with Gasteiger partial charge in [0.15, 0.2) is 5.01 Å². The van der Waals surface area contributed by atoms with Gasteiger partial charge in [-0.15, -0.1) is 16.2 Å². The predicted octanol–water partition coefficient (Wildman–Crippen LogP) is 2.80. The van der Waals surface area contributed by atoms with Gasteiger partial charge in [0, 0.05) is 9.95 Å². The maximum atomic E-state index is 12.8. The van der Waals surface area contributed by atoms with Gasteiger partial charge in [-0.25, -0.2) is 9.37 Å². The first kappa shape index (κ1) is 12.4. The standard InChI is InChI=1S/C5H2F4NO3PS/c6-3(13-14(11)12)2-1-15-4(10-2)5(7,8)9/h1,3H/p+1. The summed E-state index contributed by atoms with van der Waals surface area (Å²) in [4.78, 5) is 11.0. The second-order valence-electron chi connectivity index (χ2n) is 2.23. The molecule has 1 aromatic rings. The molecular weight excluding hydrogens is 261 g/mol. The van der Waals surface area contributed by atoms with Crippen LogP contribution in [0, 0.1) is 0 Å². The molecule has 0 spiro atoms. The van der Waals surface area contributed by atoms with Crippen LogP contribution in [0.1, 0.15) is 17.1 Å². The first-order valence-electron chi connectivity index (χ1n) is 3.30. The Balaban J connectivity index is 2.80. The van der Waals surface area contributed by atoms with E-state index in [0.717, 1.165) is 5.38 Å². The second kappa shape index (κ2) is 4.48. The van der Waals surface area contributed by atoms with Crippen LogP contribution in [0.5, 0.6) is 0 Å². The van der Waals surface area contributed by atoms with E-state index in [0.29, 0.717) is 0 Å². The largest absolute Gasteiger partial charge is 0.698 e. The first-order chi connectivity index (χ1) is 6.80. The monoisotopic (exact) mass is 264 g/mol. The molecule has 0 aromatic carbocycles. The van der Waals surface area contributed by atoms with E-state index >= 15 is 0 Å². The van der Waals surface area contributed by atoms with Crippen molar-refractivity contribution in [1.29, 1.82) is 0 Å². The fourth-order valence-electron chi connectivity index (χ4n) is 0.654. The van der Waals surface area contributed by atoms with Crippen molar-refractivity contribution in [2.45, 2.75) is 12.5 Å². The van der Waals surface area contributed by atoms with Crippen molar-refractivity contribution in [2.75, 3.05) is 0 Å². The van der Waals surface area contributed by atoms with Gasteiger partial charge in [0.05, 0.1) is 0 Å². The van der Waals surface area contributed by atoms with E-state index in [1.165, 1.54) is 0 Å². The van der Waals surface area contributed by atoms with Crippen LogP contribution in [-0.4, -0.2) is 9.88 Å². The van der Waals surface area contributed by atoms with Crippen molar-refractivity contribution in [3.8, 4) is 0 Å². The van der Waals surface area contributed by atoms with Gasteiger partial charge in [-0.2, -0.15) is 13.2 Å². The van der Waals surface area contributed by atoms with E-state index < -0.39 is 31.5 Å². The van der Waals surface area contributed by atoms with E-state index in [-0.39, 0.29) is 11.3 Å². The lowest BCUT2D eigenvalue weighted by Crippen LogP contribution is -2.04. The number of thiazole rings is 1. The molecule has 4 nitrogen and oxygen atoms in total. The van der Waals surface area contributed by atoms with Crippen molar-refractivity contribution in [1.82, 2.24) is 4.98 Å². The fraction of sp³-hybridized carbons (Fsp3) is 0.400. The zero-order chi connectivity index (χ0) is 11.6. The van der Waals surface area contributed by atoms with Crippen LogP contribution in [0.25, 0.3) is 0 Å². The van der Waals surface area contributed by atoms with Gasteiger partial charge in [-0.3, -0.25) is 0 Å². The van der Waals surface area contributed by atoms with Gasteiger partial charge in [0.1, 0.15) is 5.69 Å². The Morgan fingerprint density at radius 3 is 2.60 bits per heavy atom. The van der Waals surface area contributed by atoms with Crippen LogP contribution in [0.4, 0.5) is 17.6 Å². The van der Waals surface area contributed by atoms with Crippen LogP contribution in [0.3, 0.4) is 0 Å². The highest BCUT2D eigenvalue weighted by Gasteiger charge is 2.36. The Hall–Kier alpha value is -0.630. The number of halogens is 4. The molecule has 1 rings (SSSR count).